The Morgan fingerprint density at radius 1 is 1.14 bits per heavy atom. The second-order valence-electron chi connectivity index (χ2n) is 4.33. The third kappa shape index (κ3) is 3.70. The Kier molecular flexibility index (Phi) is 5.11. The van der Waals surface area contributed by atoms with Crippen molar-refractivity contribution in [2.45, 2.75) is 4.90 Å². The molecule has 0 atom stereocenters. The lowest BCUT2D eigenvalue weighted by molar-refractivity contribution is 0.102. The zero-order chi connectivity index (χ0) is 15.2. The molecule has 0 saturated carbocycles. The Morgan fingerprint density at radius 2 is 1.86 bits per heavy atom. The number of ketones is 1. The molecule has 2 rings (SSSR count). The van der Waals surface area contributed by atoms with E-state index in [0.29, 0.717) is 28.5 Å². The molecule has 0 saturated heterocycles. The molecule has 0 aliphatic carbocycles. The number of carbonyl (C=O) groups excluding carboxylic acids is 1. The van der Waals surface area contributed by atoms with Crippen molar-refractivity contribution in [2.24, 2.45) is 0 Å². The highest BCUT2D eigenvalue weighted by Gasteiger charge is 2.12. The van der Waals surface area contributed by atoms with Crippen LogP contribution >= 0.6 is 11.8 Å². The lowest BCUT2D eigenvalue weighted by Crippen LogP contribution is -2.02. The normalized spacial score (nSPS) is 10.2. The van der Waals surface area contributed by atoms with Crippen LogP contribution in [0.2, 0.25) is 0 Å². The van der Waals surface area contributed by atoms with E-state index < -0.39 is 0 Å². The Balaban J connectivity index is 2.10. The molecule has 0 aliphatic heterocycles. The summed E-state index contributed by atoms with van der Waals surface area (Å²) in [7, 11) is 3.10. The molecule has 21 heavy (non-hydrogen) atoms. The smallest absolute Gasteiger partial charge is 0.183 e. The number of hydrogen-bond acceptors (Lipinski definition) is 5. The van der Waals surface area contributed by atoms with E-state index in [4.69, 9.17) is 15.2 Å². The molecule has 0 unspecified atom stereocenters. The molecule has 0 amide bonds. The van der Waals surface area contributed by atoms with Gasteiger partial charge in [-0.05, 0) is 12.1 Å². The van der Waals surface area contributed by atoms with Crippen molar-refractivity contribution >= 4 is 23.2 Å². The number of anilines is 1. The highest BCUT2D eigenvalue weighted by atomic mass is 32.2. The van der Waals surface area contributed by atoms with Gasteiger partial charge in [0, 0.05) is 10.5 Å². The van der Waals surface area contributed by atoms with Gasteiger partial charge in [-0.15, -0.1) is 11.8 Å². The van der Waals surface area contributed by atoms with Crippen LogP contribution in [0.4, 0.5) is 5.69 Å². The van der Waals surface area contributed by atoms with E-state index in [1.807, 2.05) is 36.4 Å². The maximum absolute atomic E-state index is 12.1. The van der Waals surface area contributed by atoms with Crippen molar-refractivity contribution in [1.29, 1.82) is 0 Å². The van der Waals surface area contributed by atoms with Crippen LogP contribution in [0, 0.1) is 0 Å². The summed E-state index contributed by atoms with van der Waals surface area (Å²) in [4.78, 5) is 12.9. The summed E-state index contributed by atoms with van der Waals surface area (Å²) in [5.41, 5.74) is 7.12. The molecule has 0 radical (unpaired) electrons. The molecule has 4 nitrogen and oxygen atoms in total. The maximum atomic E-state index is 12.1. The van der Waals surface area contributed by atoms with Gasteiger partial charge in [-0.25, -0.2) is 0 Å². The standard InChI is InChI=1S/C16H17NO3S/c1-19-15-9-12(8-13(17)16(15)20-2)21-10-14(18)11-6-4-3-5-7-11/h3-9H,10,17H2,1-2H3. The van der Waals surface area contributed by atoms with Gasteiger partial charge in [0.05, 0.1) is 25.7 Å². The van der Waals surface area contributed by atoms with Crippen molar-refractivity contribution < 1.29 is 14.3 Å². The van der Waals surface area contributed by atoms with Gasteiger partial charge >= 0.3 is 0 Å². The molecule has 0 aliphatic rings. The molecular formula is C16H17NO3S. The van der Waals surface area contributed by atoms with Gasteiger partial charge in [-0.1, -0.05) is 30.3 Å². The van der Waals surface area contributed by atoms with E-state index in [9.17, 15) is 4.79 Å². The summed E-state index contributed by atoms with van der Waals surface area (Å²) in [5.74, 6) is 1.50. The lowest BCUT2D eigenvalue weighted by atomic mass is 10.2. The average molecular weight is 303 g/mol. The molecule has 0 fully saturated rings. The SMILES string of the molecule is COc1cc(SCC(=O)c2ccccc2)cc(N)c1OC. The Hall–Kier alpha value is -2.14. The van der Waals surface area contributed by atoms with Gasteiger partial charge < -0.3 is 15.2 Å². The molecule has 2 aromatic carbocycles. The zero-order valence-electron chi connectivity index (χ0n) is 12.0. The van der Waals surface area contributed by atoms with Gasteiger partial charge in [-0.2, -0.15) is 0 Å². The number of thioether (sulfide) groups is 1. The number of nitrogens with two attached hydrogens (primary N) is 1. The van der Waals surface area contributed by atoms with Crippen molar-refractivity contribution in [2.75, 3.05) is 25.7 Å². The van der Waals surface area contributed by atoms with Crippen LogP contribution in [-0.4, -0.2) is 25.8 Å². The number of nitrogen functional groups attached to an aromatic ring is 1. The van der Waals surface area contributed by atoms with Crippen molar-refractivity contribution in [3.63, 3.8) is 0 Å². The second-order valence-corrected chi connectivity index (χ2v) is 5.37. The predicted octanol–water partition coefficient (Wildman–Crippen LogP) is 3.26. The van der Waals surface area contributed by atoms with Gasteiger partial charge in [0.15, 0.2) is 17.3 Å². The number of Topliss-reactive ketones (excluding diaryl/α,β-unsaturated/α-hetero) is 1. The first-order chi connectivity index (χ1) is 10.2. The number of carbonyl (C=O) groups is 1. The van der Waals surface area contributed by atoms with Crippen LogP contribution in [0.15, 0.2) is 47.4 Å². The number of benzene rings is 2. The second kappa shape index (κ2) is 7.04. The fourth-order valence-corrected chi connectivity index (χ4v) is 2.77. The van der Waals surface area contributed by atoms with Crippen molar-refractivity contribution in [1.82, 2.24) is 0 Å². The predicted molar refractivity (Wildman–Crippen MR) is 85.5 cm³/mol. The summed E-state index contributed by atoms with van der Waals surface area (Å²) < 4.78 is 10.4. The minimum absolute atomic E-state index is 0.0777. The zero-order valence-corrected chi connectivity index (χ0v) is 12.8. The van der Waals surface area contributed by atoms with Crippen LogP contribution < -0.4 is 15.2 Å². The highest BCUT2D eigenvalue weighted by molar-refractivity contribution is 8.00. The monoisotopic (exact) mass is 303 g/mol. The van der Waals surface area contributed by atoms with E-state index in [0.717, 1.165) is 4.90 Å². The average Bonchev–Trinajstić information content (AvgIpc) is 2.52. The topological polar surface area (TPSA) is 61.5 Å². The first kappa shape index (κ1) is 15.3. The highest BCUT2D eigenvalue weighted by Crippen LogP contribution is 2.37. The van der Waals surface area contributed by atoms with Gasteiger partial charge in [0.2, 0.25) is 0 Å². The molecule has 0 bridgehead atoms. The quantitative estimate of drug-likeness (QED) is 0.504. The third-order valence-corrected chi connectivity index (χ3v) is 3.92. The van der Waals surface area contributed by atoms with E-state index in [1.54, 1.807) is 20.3 Å². The maximum Gasteiger partial charge on any atom is 0.183 e. The van der Waals surface area contributed by atoms with Crippen molar-refractivity contribution in [3.05, 3.63) is 48.0 Å². The Labute approximate surface area is 128 Å². The van der Waals surface area contributed by atoms with Crippen LogP contribution in [-0.2, 0) is 0 Å². The molecule has 0 heterocycles. The summed E-state index contributed by atoms with van der Waals surface area (Å²) in [6.07, 6.45) is 0. The summed E-state index contributed by atoms with van der Waals surface area (Å²) >= 11 is 1.42. The summed E-state index contributed by atoms with van der Waals surface area (Å²) in [5, 5.41) is 0. The molecule has 2 N–H and O–H groups in total. The lowest BCUT2D eigenvalue weighted by Gasteiger charge is -2.12. The van der Waals surface area contributed by atoms with E-state index in [1.165, 1.54) is 11.8 Å². The molecule has 5 heteroatoms. The Bertz CT molecular complexity index is 629. The van der Waals surface area contributed by atoms with E-state index in [2.05, 4.69) is 0 Å². The third-order valence-electron chi connectivity index (χ3n) is 2.95. The van der Waals surface area contributed by atoms with Crippen LogP contribution in [0.1, 0.15) is 10.4 Å². The van der Waals surface area contributed by atoms with Crippen LogP contribution in [0.25, 0.3) is 0 Å². The molecule has 0 aromatic heterocycles. The fraction of sp³-hybridized carbons (Fsp3) is 0.188. The summed E-state index contributed by atoms with van der Waals surface area (Å²) in [6.45, 7) is 0. The number of hydrogen-bond donors (Lipinski definition) is 1. The number of ether oxygens (including phenoxy) is 2. The van der Waals surface area contributed by atoms with Gasteiger partial charge in [0.25, 0.3) is 0 Å². The molecule has 110 valence electrons. The van der Waals surface area contributed by atoms with Crippen molar-refractivity contribution in [3.8, 4) is 11.5 Å². The van der Waals surface area contributed by atoms with Crippen LogP contribution in [0.3, 0.4) is 0 Å². The largest absolute Gasteiger partial charge is 0.493 e. The minimum Gasteiger partial charge on any atom is -0.493 e. The number of methoxy groups -OCH3 is 2. The van der Waals surface area contributed by atoms with E-state index >= 15 is 0 Å². The van der Waals surface area contributed by atoms with Gasteiger partial charge in [-0.3, -0.25) is 4.79 Å². The fourth-order valence-electron chi connectivity index (χ4n) is 1.91. The molecular weight excluding hydrogens is 286 g/mol. The summed E-state index contributed by atoms with van der Waals surface area (Å²) in [6, 6.07) is 12.8. The molecule has 2 aromatic rings. The van der Waals surface area contributed by atoms with Crippen LogP contribution in [0.5, 0.6) is 11.5 Å². The van der Waals surface area contributed by atoms with E-state index in [-0.39, 0.29) is 5.78 Å². The first-order valence-electron chi connectivity index (χ1n) is 6.38. The molecule has 0 spiro atoms. The first-order valence-corrected chi connectivity index (χ1v) is 7.36. The van der Waals surface area contributed by atoms with Gasteiger partial charge in [0.1, 0.15) is 0 Å². The minimum atomic E-state index is 0.0777. The Morgan fingerprint density at radius 3 is 2.48 bits per heavy atom. The number of rotatable bonds is 6.